The standard InChI is InChI=1S/C15H18BrN3/c16-13-10-12(15(11-17)6-1-2-7-15)4-5-14(13)19-9-3-8-18-19/h3-5,8-10H,1-2,6-7,11,17H2. The summed E-state index contributed by atoms with van der Waals surface area (Å²) in [4.78, 5) is 0. The van der Waals surface area contributed by atoms with Gasteiger partial charge in [0.1, 0.15) is 0 Å². The molecule has 3 rings (SSSR count). The van der Waals surface area contributed by atoms with Gasteiger partial charge in [-0.05, 0) is 52.5 Å². The van der Waals surface area contributed by atoms with E-state index in [0.29, 0.717) is 0 Å². The number of nitrogens with two attached hydrogens (primary N) is 1. The van der Waals surface area contributed by atoms with E-state index in [1.807, 2.05) is 16.9 Å². The van der Waals surface area contributed by atoms with Gasteiger partial charge in [-0.25, -0.2) is 4.68 Å². The van der Waals surface area contributed by atoms with Crippen molar-refractivity contribution in [2.24, 2.45) is 5.73 Å². The minimum atomic E-state index is 0.186. The Morgan fingerprint density at radius 1 is 1.32 bits per heavy atom. The normalized spacial score (nSPS) is 17.8. The Morgan fingerprint density at radius 2 is 2.11 bits per heavy atom. The van der Waals surface area contributed by atoms with Gasteiger partial charge in [0.25, 0.3) is 0 Å². The Kier molecular flexibility index (Phi) is 3.46. The molecule has 1 aliphatic carbocycles. The second-order valence-corrected chi connectivity index (χ2v) is 6.16. The third-order valence-corrected chi connectivity index (χ3v) is 4.90. The highest BCUT2D eigenvalue weighted by Gasteiger charge is 2.34. The summed E-state index contributed by atoms with van der Waals surface area (Å²) in [7, 11) is 0. The van der Waals surface area contributed by atoms with Gasteiger partial charge in [0.15, 0.2) is 0 Å². The molecule has 2 aromatic rings. The lowest BCUT2D eigenvalue weighted by Gasteiger charge is -2.28. The minimum Gasteiger partial charge on any atom is -0.330 e. The first kappa shape index (κ1) is 12.9. The average Bonchev–Trinajstić information content (AvgIpc) is 3.11. The number of hydrogen-bond acceptors (Lipinski definition) is 2. The molecule has 3 nitrogen and oxygen atoms in total. The van der Waals surface area contributed by atoms with E-state index in [-0.39, 0.29) is 5.41 Å². The highest BCUT2D eigenvalue weighted by molar-refractivity contribution is 9.10. The fraction of sp³-hybridized carbons (Fsp3) is 0.400. The topological polar surface area (TPSA) is 43.8 Å². The summed E-state index contributed by atoms with van der Waals surface area (Å²) in [5.74, 6) is 0. The first-order valence-corrected chi connectivity index (χ1v) is 7.55. The van der Waals surface area contributed by atoms with Crippen LogP contribution in [0.2, 0.25) is 0 Å². The lowest BCUT2D eigenvalue weighted by atomic mass is 9.79. The summed E-state index contributed by atoms with van der Waals surface area (Å²) in [5, 5.41) is 4.27. The van der Waals surface area contributed by atoms with Gasteiger partial charge in [0, 0.05) is 28.8 Å². The molecule has 1 aliphatic rings. The molecule has 0 aliphatic heterocycles. The molecule has 0 saturated heterocycles. The van der Waals surface area contributed by atoms with Crippen molar-refractivity contribution < 1.29 is 0 Å². The maximum Gasteiger partial charge on any atom is 0.0787 e. The Bertz CT molecular complexity index is 557. The lowest BCUT2D eigenvalue weighted by molar-refractivity contribution is 0.453. The maximum absolute atomic E-state index is 6.05. The van der Waals surface area contributed by atoms with Crippen LogP contribution in [0.3, 0.4) is 0 Å². The van der Waals surface area contributed by atoms with E-state index in [4.69, 9.17) is 5.73 Å². The van der Waals surface area contributed by atoms with E-state index in [0.717, 1.165) is 16.7 Å². The molecular formula is C15H18BrN3. The van der Waals surface area contributed by atoms with Crippen LogP contribution in [-0.2, 0) is 5.41 Å². The van der Waals surface area contributed by atoms with Crippen molar-refractivity contribution in [1.29, 1.82) is 0 Å². The maximum atomic E-state index is 6.05. The molecule has 100 valence electrons. The molecule has 0 unspecified atom stereocenters. The van der Waals surface area contributed by atoms with Crippen LogP contribution in [0.1, 0.15) is 31.2 Å². The van der Waals surface area contributed by atoms with Crippen molar-refractivity contribution in [2.75, 3.05) is 6.54 Å². The van der Waals surface area contributed by atoms with E-state index in [9.17, 15) is 0 Å². The quantitative estimate of drug-likeness (QED) is 0.942. The molecule has 0 radical (unpaired) electrons. The van der Waals surface area contributed by atoms with Crippen LogP contribution in [0.4, 0.5) is 0 Å². The van der Waals surface area contributed by atoms with Gasteiger partial charge < -0.3 is 5.73 Å². The fourth-order valence-corrected chi connectivity index (χ4v) is 3.66. The SMILES string of the molecule is NCC1(c2ccc(-n3cccn3)c(Br)c2)CCCC1. The second kappa shape index (κ2) is 5.10. The van der Waals surface area contributed by atoms with Crippen LogP contribution >= 0.6 is 15.9 Å². The zero-order valence-corrected chi connectivity index (χ0v) is 12.4. The lowest BCUT2D eigenvalue weighted by Crippen LogP contribution is -2.32. The number of halogens is 1. The van der Waals surface area contributed by atoms with E-state index in [1.165, 1.54) is 31.2 Å². The monoisotopic (exact) mass is 319 g/mol. The Labute approximate surface area is 121 Å². The van der Waals surface area contributed by atoms with E-state index >= 15 is 0 Å². The molecule has 0 spiro atoms. The van der Waals surface area contributed by atoms with Gasteiger partial charge >= 0.3 is 0 Å². The van der Waals surface area contributed by atoms with Gasteiger partial charge in [0.05, 0.1) is 5.69 Å². The summed E-state index contributed by atoms with van der Waals surface area (Å²) in [6, 6.07) is 8.48. The number of nitrogens with zero attached hydrogens (tertiary/aromatic N) is 2. The highest BCUT2D eigenvalue weighted by Crippen LogP contribution is 2.41. The third-order valence-electron chi connectivity index (χ3n) is 4.26. The predicted molar refractivity (Wildman–Crippen MR) is 80.5 cm³/mol. The molecule has 1 aromatic carbocycles. The third kappa shape index (κ3) is 2.23. The van der Waals surface area contributed by atoms with E-state index in [1.54, 1.807) is 6.20 Å². The van der Waals surface area contributed by atoms with E-state index < -0.39 is 0 Å². The number of benzene rings is 1. The molecule has 2 N–H and O–H groups in total. The van der Waals surface area contributed by atoms with Gasteiger partial charge in [-0.15, -0.1) is 0 Å². The largest absolute Gasteiger partial charge is 0.330 e. The molecule has 0 atom stereocenters. The van der Waals surface area contributed by atoms with Crippen LogP contribution in [0.5, 0.6) is 0 Å². The zero-order valence-electron chi connectivity index (χ0n) is 10.8. The summed E-state index contributed by atoms with van der Waals surface area (Å²) < 4.78 is 2.95. The molecule has 0 amide bonds. The Morgan fingerprint density at radius 3 is 2.68 bits per heavy atom. The molecular weight excluding hydrogens is 302 g/mol. The Balaban J connectivity index is 2.00. The van der Waals surface area contributed by atoms with Crippen molar-refractivity contribution in [1.82, 2.24) is 9.78 Å². The van der Waals surface area contributed by atoms with Gasteiger partial charge in [0.2, 0.25) is 0 Å². The van der Waals surface area contributed by atoms with Crippen LogP contribution in [0.15, 0.2) is 41.1 Å². The number of rotatable bonds is 3. The van der Waals surface area contributed by atoms with Crippen LogP contribution in [0.25, 0.3) is 5.69 Å². The Hall–Kier alpha value is -1.13. The van der Waals surface area contributed by atoms with Gasteiger partial charge in [-0.2, -0.15) is 5.10 Å². The smallest absolute Gasteiger partial charge is 0.0787 e. The van der Waals surface area contributed by atoms with Gasteiger partial charge in [-0.1, -0.05) is 18.9 Å². The first-order valence-electron chi connectivity index (χ1n) is 6.75. The number of hydrogen-bond donors (Lipinski definition) is 1. The van der Waals surface area contributed by atoms with Gasteiger partial charge in [-0.3, -0.25) is 0 Å². The molecule has 0 bridgehead atoms. The molecule has 1 fully saturated rings. The minimum absolute atomic E-state index is 0.186. The molecule has 1 heterocycles. The summed E-state index contributed by atoms with van der Waals surface area (Å²) in [6.45, 7) is 0.737. The van der Waals surface area contributed by atoms with Crippen LogP contribution < -0.4 is 5.73 Å². The van der Waals surface area contributed by atoms with Crippen molar-refractivity contribution >= 4 is 15.9 Å². The van der Waals surface area contributed by atoms with Crippen molar-refractivity contribution in [3.63, 3.8) is 0 Å². The summed E-state index contributed by atoms with van der Waals surface area (Å²) in [5.41, 5.74) is 8.66. The molecule has 4 heteroatoms. The van der Waals surface area contributed by atoms with Crippen molar-refractivity contribution in [3.8, 4) is 5.69 Å². The summed E-state index contributed by atoms with van der Waals surface area (Å²) in [6.07, 6.45) is 8.73. The van der Waals surface area contributed by atoms with Crippen molar-refractivity contribution in [3.05, 3.63) is 46.7 Å². The zero-order chi connectivity index (χ0) is 13.3. The predicted octanol–water partition coefficient (Wildman–Crippen LogP) is 3.41. The number of aromatic nitrogens is 2. The molecule has 1 aromatic heterocycles. The average molecular weight is 320 g/mol. The van der Waals surface area contributed by atoms with Crippen LogP contribution in [-0.4, -0.2) is 16.3 Å². The molecule has 19 heavy (non-hydrogen) atoms. The van der Waals surface area contributed by atoms with E-state index in [2.05, 4.69) is 39.2 Å². The summed E-state index contributed by atoms with van der Waals surface area (Å²) >= 11 is 3.67. The first-order chi connectivity index (χ1) is 9.25. The highest BCUT2D eigenvalue weighted by atomic mass is 79.9. The van der Waals surface area contributed by atoms with Crippen molar-refractivity contribution in [2.45, 2.75) is 31.1 Å². The fourth-order valence-electron chi connectivity index (χ4n) is 3.10. The molecule has 1 saturated carbocycles. The second-order valence-electron chi connectivity index (χ2n) is 5.31. The van der Waals surface area contributed by atoms with Crippen LogP contribution in [0, 0.1) is 0 Å².